The molecule has 1 atom stereocenters. The maximum absolute atomic E-state index is 13.1. The van der Waals surface area contributed by atoms with Gasteiger partial charge in [0, 0.05) is 58.6 Å². The molecule has 2 aromatic rings. The Morgan fingerprint density at radius 3 is 2.60 bits per heavy atom. The van der Waals surface area contributed by atoms with E-state index in [-0.39, 0.29) is 0 Å². The summed E-state index contributed by atoms with van der Waals surface area (Å²) in [6.07, 6.45) is 3.59. The van der Waals surface area contributed by atoms with Gasteiger partial charge in [-0.05, 0) is 43.0 Å². The first kappa shape index (κ1) is 21.7. The first-order valence-corrected chi connectivity index (χ1v) is 12.7. The van der Waals surface area contributed by atoms with E-state index in [1.54, 1.807) is 19.6 Å². The Labute approximate surface area is 182 Å². The molecule has 0 aromatic carbocycles. The van der Waals surface area contributed by atoms with Crippen LogP contribution in [0.25, 0.3) is 0 Å². The fourth-order valence-electron chi connectivity index (χ4n) is 4.48. The number of rotatable bonds is 7. The Balaban J connectivity index is 1.34. The van der Waals surface area contributed by atoms with Crippen molar-refractivity contribution in [1.82, 2.24) is 9.88 Å². The molecular weight excluding hydrogens is 422 g/mol. The van der Waals surface area contributed by atoms with Crippen LogP contribution in [0.4, 0.5) is 5.82 Å². The Bertz CT molecular complexity index is 936. The van der Waals surface area contributed by atoms with Crippen LogP contribution < -0.4 is 4.90 Å². The number of nitrogens with zero attached hydrogens (tertiary/aromatic N) is 3. The van der Waals surface area contributed by atoms with Crippen molar-refractivity contribution in [1.29, 1.82) is 0 Å². The van der Waals surface area contributed by atoms with E-state index in [9.17, 15) is 8.42 Å². The summed E-state index contributed by atoms with van der Waals surface area (Å²) in [4.78, 5) is 9.13. The molecule has 2 aliphatic rings. The molecule has 1 unspecified atom stereocenters. The first-order chi connectivity index (χ1) is 14.5. The van der Waals surface area contributed by atoms with Gasteiger partial charge in [-0.25, -0.2) is 13.4 Å². The summed E-state index contributed by atoms with van der Waals surface area (Å²) in [5.74, 6) is 0.0484. The third-order valence-electron chi connectivity index (χ3n) is 6.24. The number of methoxy groups -OCH3 is 2. The molecule has 9 heteroatoms. The first-order valence-electron chi connectivity index (χ1n) is 10.3. The van der Waals surface area contributed by atoms with Crippen molar-refractivity contribution in [2.24, 2.45) is 0 Å². The fourth-order valence-corrected chi connectivity index (χ4v) is 8.02. The highest BCUT2D eigenvalue weighted by Crippen LogP contribution is 2.46. The predicted molar refractivity (Wildman–Crippen MR) is 118 cm³/mol. The van der Waals surface area contributed by atoms with Gasteiger partial charge in [-0.2, -0.15) is 0 Å². The number of ether oxygens (including phenoxy) is 2. The minimum atomic E-state index is -3.36. The fraction of sp³-hybridized carbons (Fsp3) is 0.571. The summed E-state index contributed by atoms with van der Waals surface area (Å²) in [6, 6.07) is 7.79. The molecule has 2 aromatic heterocycles. The van der Waals surface area contributed by atoms with Crippen molar-refractivity contribution in [2.75, 3.05) is 51.8 Å². The number of fused-ring (bicyclic) bond motifs is 1. The summed E-state index contributed by atoms with van der Waals surface area (Å²) in [5, 5.41) is 1.32. The number of sulfone groups is 1. The van der Waals surface area contributed by atoms with Gasteiger partial charge in [0.1, 0.15) is 10.0 Å². The van der Waals surface area contributed by atoms with Crippen LogP contribution in [-0.4, -0.2) is 70.5 Å². The maximum Gasteiger partial charge on any atom is 0.197 e. The summed E-state index contributed by atoms with van der Waals surface area (Å²) >= 11 is 1.26. The molecule has 1 saturated heterocycles. The zero-order valence-electron chi connectivity index (χ0n) is 17.5. The van der Waals surface area contributed by atoms with Gasteiger partial charge in [-0.1, -0.05) is 6.07 Å². The minimum absolute atomic E-state index is 0.333. The molecule has 0 bridgehead atoms. The van der Waals surface area contributed by atoms with Crippen molar-refractivity contribution in [3.05, 3.63) is 41.4 Å². The molecule has 1 fully saturated rings. The summed E-state index contributed by atoms with van der Waals surface area (Å²) in [7, 11) is -0.186. The largest absolute Gasteiger partial charge is 0.354 e. The van der Waals surface area contributed by atoms with E-state index in [4.69, 9.17) is 9.47 Å². The highest BCUT2D eigenvalue weighted by Gasteiger charge is 2.49. The number of hydrogen-bond acceptors (Lipinski definition) is 8. The topological polar surface area (TPSA) is 72.0 Å². The number of piperazine rings is 1. The van der Waals surface area contributed by atoms with E-state index in [1.165, 1.54) is 11.3 Å². The molecule has 0 spiro atoms. The molecule has 0 saturated carbocycles. The predicted octanol–water partition coefficient (Wildman–Crippen LogP) is 2.74. The molecule has 0 radical (unpaired) electrons. The standard InChI is InChI=1S/C21H29N3O4S2/c1-27-21(28-2)16-17(30(25,26)20-18(21)8-15-29-20)6-5-10-23-11-13-24(14-12-23)19-7-3-4-9-22-19/h3-4,7-9,15,17H,5-6,10-14,16H2,1-2H3. The van der Waals surface area contributed by atoms with Crippen LogP contribution in [0.3, 0.4) is 0 Å². The van der Waals surface area contributed by atoms with Crippen LogP contribution in [0.1, 0.15) is 24.8 Å². The van der Waals surface area contributed by atoms with Crippen molar-refractivity contribution < 1.29 is 17.9 Å². The third kappa shape index (κ3) is 4.01. The molecule has 0 aliphatic carbocycles. The van der Waals surface area contributed by atoms with E-state index in [0.29, 0.717) is 22.6 Å². The zero-order chi connectivity index (χ0) is 21.2. The van der Waals surface area contributed by atoms with E-state index in [0.717, 1.165) is 45.0 Å². The van der Waals surface area contributed by atoms with Crippen LogP contribution in [0.2, 0.25) is 0 Å². The number of anilines is 1. The second-order valence-electron chi connectivity index (χ2n) is 7.81. The van der Waals surface area contributed by atoms with Gasteiger partial charge in [-0.15, -0.1) is 11.3 Å². The lowest BCUT2D eigenvalue weighted by Crippen LogP contribution is -2.47. The molecule has 2 aliphatic heterocycles. The zero-order valence-corrected chi connectivity index (χ0v) is 19.1. The molecule has 7 nitrogen and oxygen atoms in total. The minimum Gasteiger partial charge on any atom is -0.354 e. The SMILES string of the molecule is COC1(OC)CC(CCCN2CCN(c3ccccn3)CC2)S(=O)(=O)c2sccc21. The number of pyridine rings is 1. The average Bonchev–Trinajstić information content (AvgIpc) is 3.29. The van der Waals surface area contributed by atoms with E-state index < -0.39 is 20.9 Å². The second-order valence-corrected chi connectivity index (χ2v) is 11.2. The number of hydrogen-bond donors (Lipinski definition) is 0. The van der Waals surface area contributed by atoms with Crippen molar-refractivity contribution >= 4 is 27.0 Å². The normalized spacial score (nSPS) is 23.3. The molecule has 164 valence electrons. The Kier molecular flexibility index (Phi) is 6.45. The van der Waals surface area contributed by atoms with Crippen LogP contribution in [0.5, 0.6) is 0 Å². The van der Waals surface area contributed by atoms with Gasteiger partial charge in [0.05, 0.1) is 5.25 Å². The van der Waals surface area contributed by atoms with E-state index in [1.807, 2.05) is 30.5 Å². The summed E-state index contributed by atoms with van der Waals surface area (Å²) < 4.78 is 38.0. The van der Waals surface area contributed by atoms with Gasteiger partial charge in [0.15, 0.2) is 15.6 Å². The van der Waals surface area contributed by atoms with Gasteiger partial charge < -0.3 is 14.4 Å². The Morgan fingerprint density at radius 2 is 1.93 bits per heavy atom. The van der Waals surface area contributed by atoms with Gasteiger partial charge in [0.25, 0.3) is 0 Å². The molecule has 0 N–H and O–H groups in total. The van der Waals surface area contributed by atoms with Crippen LogP contribution >= 0.6 is 11.3 Å². The average molecular weight is 452 g/mol. The molecule has 30 heavy (non-hydrogen) atoms. The number of thiophene rings is 1. The van der Waals surface area contributed by atoms with Crippen LogP contribution in [0.15, 0.2) is 40.1 Å². The molecule has 4 rings (SSSR count). The molecular formula is C21H29N3O4S2. The highest BCUT2D eigenvalue weighted by molar-refractivity contribution is 7.94. The van der Waals surface area contributed by atoms with Crippen molar-refractivity contribution in [3.8, 4) is 0 Å². The smallest absolute Gasteiger partial charge is 0.197 e. The van der Waals surface area contributed by atoms with Gasteiger partial charge >= 0.3 is 0 Å². The highest BCUT2D eigenvalue weighted by atomic mass is 32.2. The Morgan fingerprint density at radius 1 is 1.17 bits per heavy atom. The maximum atomic E-state index is 13.1. The lowest BCUT2D eigenvalue weighted by molar-refractivity contribution is -0.223. The third-order valence-corrected chi connectivity index (χ3v) is 9.95. The van der Waals surface area contributed by atoms with Crippen molar-refractivity contribution in [2.45, 2.75) is 34.5 Å². The second kappa shape index (κ2) is 8.92. The van der Waals surface area contributed by atoms with Crippen LogP contribution in [0, 0.1) is 0 Å². The monoisotopic (exact) mass is 451 g/mol. The van der Waals surface area contributed by atoms with Gasteiger partial charge in [-0.3, -0.25) is 4.90 Å². The van der Waals surface area contributed by atoms with Crippen molar-refractivity contribution in [3.63, 3.8) is 0 Å². The molecule has 4 heterocycles. The summed E-state index contributed by atoms with van der Waals surface area (Å²) in [5.41, 5.74) is 0.638. The summed E-state index contributed by atoms with van der Waals surface area (Å²) in [6.45, 7) is 4.69. The Hall–Kier alpha value is -1.52. The molecule has 0 amide bonds. The van der Waals surface area contributed by atoms with Gasteiger partial charge in [0.2, 0.25) is 0 Å². The lowest BCUT2D eigenvalue weighted by Gasteiger charge is -2.38. The van der Waals surface area contributed by atoms with E-state index >= 15 is 0 Å². The lowest BCUT2D eigenvalue weighted by atomic mass is 10.00. The quantitative estimate of drug-likeness (QED) is 0.600. The van der Waals surface area contributed by atoms with Crippen LogP contribution in [-0.2, 0) is 25.1 Å². The number of aromatic nitrogens is 1. The van der Waals surface area contributed by atoms with E-state index in [2.05, 4.69) is 14.8 Å².